The molecule has 0 fully saturated rings. The summed E-state index contributed by atoms with van der Waals surface area (Å²) in [7, 11) is 3.10. The van der Waals surface area contributed by atoms with Gasteiger partial charge >= 0.3 is 0 Å². The SMILES string of the molecule is COc1ccc(NC(=O)C(C)N2C(=O)COc3ccc(C(=O)COc4cccc(OC)c4)cc32)cc1. The van der Waals surface area contributed by atoms with Gasteiger partial charge in [0.1, 0.15) is 29.0 Å². The van der Waals surface area contributed by atoms with E-state index < -0.39 is 11.9 Å². The van der Waals surface area contributed by atoms with Gasteiger partial charge in [-0.1, -0.05) is 6.07 Å². The third-order valence-electron chi connectivity index (χ3n) is 5.70. The third-order valence-corrected chi connectivity index (χ3v) is 5.70. The molecular weight excluding hydrogens is 464 g/mol. The second-order valence-corrected chi connectivity index (χ2v) is 8.02. The van der Waals surface area contributed by atoms with Gasteiger partial charge in [-0.25, -0.2) is 0 Å². The zero-order valence-corrected chi connectivity index (χ0v) is 20.1. The maximum absolute atomic E-state index is 13.0. The first-order valence-corrected chi connectivity index (χ1v) is 11.2. The fourth-order valence-corrected chi connectivity index (χ4v) is 3.73. The largest absolute Gasteiger partial charge is 0.497 e. The van der Waals surface area contributed by atoms with Crippen molar-refractivity contribution in [2.24, 2.45) is 0 Å². The molecule has 0 aliphatic carbocycles. The number of benzene rings is 3. The summed E-state index contributed by atoms with van der Waals surface area (Å²) in [4.78, 5) is 40.0. The Morgan fingerprint density at radius 3 is 2.42 bits per heavy atom. The van der Waals surface area contributed by atoms with E-state index >= 15 is 0 Å². The minimum Gasteiger partial charge on any atom is -0.497 e. The van der Waals surface area contributed by atoms with E-state index in [1.807, 2.05) is 0 Å². The Kier molecular flexibility index (Phi) is 7.39. The van der Waals surface area contributed by atoms with Crippen LogP contribution in [0, 0.1) is 0 Å². The number of fused-ring (bicyclic) bond motifs is 1. The van der Waals surface area contributed by atoms with Crippen LogP contribution in [0.15, 0.2) is 66.7 Å². The summed E-state index contributed by atoms with van der Waals surface area (Å²) in [5.74, 6) is 1.09. The van der Waals surface area contributed by atoms with Crippen molar-refractivity contribution >= 4 is 29.0 Å². The van der Waals surface area contributed by atoms with Crippen LogP contribution >= 0.6 is 0 Å². The molecule has 0 spiro atoms. The van der Waals surface area contributed by atoms with Crippen LogP contribution in [0.3, 0.4) is 0 Å². The molecule has 2 amide bonds. The molecule has 0 aromatic heterocycles. The predicted octanol–water partition coefficient (Wildman–Crippen LogP) is 3.72. The Morgan fingerprint density at radius 1 is 0.972 bits per heavy atom. The van der Waals surface area contributed by atoms with Crippen molar-refractivity contribution in [2.45, 2.75) is 13.0 Å². The Morgan fingerprint density at radius 2 is 1.69 bits per heavy atom. The number of ether oxygens (including phenoxy) is 4. The molecule has 9 heteroatoms. The molecule has 0 saturated carbocycles. The Hall–Kier alpha value is -4.53. The summed E-state index contributed by atoms with van der Waals surface area (Å²) in [6.07, 6.45) is 0. The molecule has 1 heterocycles. The molecule has 1 N–H and O–H groups in total. The molecule has 0 saturated heterocycles. The molecular formula is C27H26N2O7. The average Bonchev–Trinajstić information content (AvgIpc) is 2.91. The fourth-order valence-electron chi connectivity index (χ4n) is 3.73. The molecule has 0 bridgehead atoms. The highest BCUT2D eigenvalue weighted by Crippen LogP contribution is 2.35. The number of nitrogens with one attached hydrogen (secondary N) is 1. The van der Waals surface area contributed by atoms with Crippen molar-refractivity contribution < 1.29 is 33.3 Å². The summed E-state index contributed by atoms with van der Waals surface area (Å²) >= 11 is 0. The monoisotopic (exact) mass is 490 g/mol. The highest BCUT2D eigenvalue weighted by molar-refractivity contribution is 6.08. The Balaban J connectivity index is 1.50. The molecule has 4 rings (SSSR count). The van der Waals surface area contributed by atoms with Crippen molar-refractivity contribution in [1.29, 1.82) is 0 Å². The summed E-state index contributed by atoms with van der Waals surface area (Å²) in [5, 5.41) is 2.80. The van der Waals surface area contributed by atoms with E-state index in [4.69, 9.17) is 18.9 Å². The number of rotatable bonds is 9. The summed E-state index contributed by atoms with van der Waals surface area (Å²) < 4.78 is 21.4. The number of hydrogen-bond donors (Lipinski definition) is 1. The van der Waals surface area contributed by atoms with Gasteiger partial charge < -0.3 is 24.3 Å². The molecule has 0 radical (unpaired) electrons. The quantitative estimate of drug-likeness (QED) is 0.456. The summed E-state index contributed by atoms with van der Waals surface area (Å²) in [5.41, 5.74) is 1.23. The van der Waals surface area contributed by atoms with Crippen molar-refractivity contribution in [3.8, 4) is 23.0 Å². The zero-order valence-electron chi connectivity index (χ0n) is 20.1. The van der Waals surface area contributed by atoms with E-state index in [1.54, 1.807) is 87.9 Å². The lowest BCUT2D eigenvalue weighted by Crippen LogP contribution is -2.49. The predicted molar refractivity (Wildman–Crippen MR) is 133 cm³/mol. The van der Waals surface area contributed by atoms with Crippen molar-refractivity contribution in [2.75, 3.05) is 37.7 Å². The van der Waals surface area contributed by atoms with Crippen LogP contribution < -0.4 is 29.2 Å². The van der Waals surface area contributed by atoms with Crippen molar-refractivity contribution in [1.82, 2.24) is 0 Å². The van der Waals surface area contributed by atoms with Crippen LogP contribution in [0.4, 0.5) is 11.4 Å². The van der Waals surface area contributed by atoms with Crippen LogP contribution in [0.2, 0.25) is 0 Å². The first-order valence-electron chi connectivity index (χ1n) is 11.2. The van der Waals surface area contributed by atoms with Crippen LogP contribution in [0.5, 0.6) is 23.0 Å². The van der Waals surface area contributed by atoms with Gasteiger partial charge in [-0.15, -0.1) is 0 Å². The van der Waals surface area contributed by atoms with Gasteiger partial charge in [0.05, 0.1) is 19.9 Å². The van der Waals surface area contributed by atoms with Crippen molar-refractivity contribution in [3.05, 3.63) is 72.3 Å². The van der Waals surface area contributed by atoms with E-state index in [1.165, 1.54) is 4.90 Å². The normalized spacial score (nSPS) is 13.2. The summed E-state index contributed by atoms with van der Waals surface area (Å²) in [6, 6.07) is 17.7. The molecule has 3 aromatic rings. The van der Waals surface area contributed by atoms with Gasteiger partial charge in [0, 0.05) is 17.3 Å². The number of anilines is 2. The average molecular weight is 491 g/mol. The molecule has 186 valence electrons. The van der Waals surface area contributed by atoms with Crippen molar-refractivity contribution in [3.63, 3.8) is 0 Å². The molecule has 1 atom stereocenters. The number of amides is 2. The fraction of sp³-hybridized carbons (Fsp3) is 0.222. The van der Waals surface area contributed by atoms with Gasteiger partial charge in [-0.3, -0.25) is 19.3 Å². The number of hydrogen-bond acceptors (Lipinski definition) is 7. The number of methoxy groups -OCH3 is 2. The number of nitrogens with zero attached hydrogens (tertiary/aromatic N) is 1. The zero-order chi connectivity index (χ0) is 25.7. The van der Waals surface area contributed by atoms with Gasteiger partial charge in [0.15, 0.2) is 19.0 Å². The second kappa shape index (κ2) is 10.8. The first kappa shape index (κ1) is 24.6. The van der Waals surface area contributed by atoms with E-state index in [0.717, 1.165) is 0 Å². The van der Waals surface area contributed by atoms with Crippen LogP contribution in [-0.2, 0) is 9.59 Å². The number of carbonyl (C=O) groups excluding carboxylic acids is 3. The minimum absolute atomic E-state index is 0.209. The lowest BCUT2D eigenvalue weighted by Gasteiger charge is -2.33. The van der Waals surface area contributed by atoms with Crippen LogP contribution in [0.1, 0.15) is 17.3 Å². The van der Waals surface area contributed by atoms with Gasteiger partial charge in [0.25, 0.3) is 5.91 Å². The molecule has 1 aliphatic rings. The first-order chi connectivity index (χ1) is 17.4. The summed E-state index contributed by atoms with van der Waals surface area (Å²) in [6.45, 7) is 1.19. The molecule has 3 aromatic carbocycles. The van der Waals surface area contributed by atoms with E-state index in [2.05, 4.69) is 5.32 Å². The number of carbonyl (C=O) groups is 3. The molecule has 36 heavy (non-hydrogen) atoms. The van der Waals surface area contributed by atoms with Gasteiger partial charge in [-0.05, 0) is 61.5 Å². The second-order valence-electron chi connectivity index (χ2n) is 8.02. The lowest BCUT2D eigenvalue weighted by molar-refractivity contribution is -0.125. The minimum atomic E-state index is -0.861. The third kappa shape index (κ3) is 5.41. The maximum Gasteiger partial charge on any atom is 0.265 e. The molecule has 1 aliphatic heterocycles. The van der Waals surface area contributed by atoms with E-state index in [-0.39, 0.29) is 24.9 Å². The molecule has 9 nitrogen and oxygen atoms in total. The molecule has 1 unspecified atom stereocenters. The number of ketones is 1. The Labute approximate surface area is 208 Å². The smallest absolute Gasteiger partial charge is 0.265 e. The Bertz CT molecular complexity index is 1270. The van der Waals surface area contributed by atoms with Crippen LogP contribution in [0.25, 0.3) is 0 Å². The maximum atomic E-state index is 13.0. The number of Topliss-reactive ketones (excluding diaryl/α,β-unsaturated/α-hetero) is 1. The highest BCUT2D eigenvalue weighted by atomic mass is 16.5. The standard InChI is InChI=1S/C27H26N2O7/c1-17(27(32)28-19-8-10-20(33-2)11-9-19)29-23-13-18(7-12-25(23)36-16-26(29)31)24(30)15-35-22-6-4-5-21(14-22)34-3/h4-14,17H,15-16H2,1-3H3,(H,28,32). The van der Waals surface area contributed by atoms with Crippen LogP contribution in [-0.4, -0.2) is 51.1 Å². The highest BCUT2D eigenvalue weighted by Gasteiger charge is 2.33. The van der Waals surface area contributed by atoms with E-state index in [0.29, 0.717) is 39.9 Å². The van der Waals surface area contributed by atoms with Gasteiger partial charge in [-0.2, -0.15) is 0 Å². The van der Waals surface area contributed by atoms with Gasteiger partial charge in [0.2, 0.25) is 5.91 Å². The lowest BCUT2D eigenvalue weighted by atomic mass is 10.1. The topological polar surface area (TPSA) is 103 Å². The van der Waals surface area contributed by atoms with E-state index in [9.17, 15) is 14.4 Å².